The van der Waals surface area contributed by atoms with Gasteiger partial charge in [-0.25, -0.2) is 0 Å². The second-order valence-corrected chi connectivity index (χ2v) is 3.49. The van der Waals surface area contributed by atoms with Crippen molar-refractivity contribution in [2.24, 2.45) is 5.73 Å². The van der Waals surface area contributed by atoms with E-state index in [0.717, 1.165) is 6.07 Å². The molecule has 0 bridgehead atoms. The molecule has 84 valence electrons. The van der Waals surface area contributed by atoms with Crippen LogP contribution in [-0.4, -0.2) is 6.54 Å². The zero-order valence-electron chi connectivity index (χ0n) is 8.56. The summed E-state index contributed by atoms with van der Waals surface area (Å²) in [5.74, 6) is 0. The first kappa shape index (κ1) is 12.0. The van der Waals surface area contributed by atoms with E-state index in [1.807, 2.05) is 0 Å². The second kappa shape index (κ2) is 4.66. The van der Waals surface area contributed by atoms with Crippen molar-refractivity contribution >= 4 is 0 Å². The lowest BCUT2D eigenvalue weighted by Gasteiger charge is -2.14. The van der Waals surface area contributed by atoms with Gasteiger partial charge in [0.25, 0.3) is 0 Å². The minimum absolute atomic E-state index is 0.371. The van der Waals surface area contributed by atoms with Gasteiger partial charge in [-0.1, -0.05) is 12.1 Å². The van der Waals surface area contributed by atoms with Gasteiger partial charge in [-0.2, -0.15) is 13.2 Å². The highest BCUT2D eigenvalue weighted by atomic mass is 19.4. The van der Waals surface area contributed by atoms with Gasteiger partial charge in [-0.05, 0) is 43.5 Å². The lowest BCUT2D eigenvalue weighted by molar-refractivity contribution is -0.138. The molecule has 1 aromatic rings. The average Bonchev–Trinajstić information content (AvgIpc) is 2.14. The van der Waals surface area contributed by atoms with E-state index in [4.69, 9.17) is 5.73 Å². The van der Waals surface area contributed by atoms with Crippen molar-refractivity contribution in [3.8, 4) is 0 Å². The van der Waals surface area contributed by atoms with Gasteiger partial charge in [0, 0.05) is 0 Å². The minimum Gasteiger partial charge on any atom is -0.330 e. The summed E-state index contributed by atoms with van der Waals surface area (Å²) in [6, 6.07) is 4.25. The van der Waals surface area contributed by atoms with Crippen molar-refractivity contribution in [3.05, 3.63) is 34.9 Å². The maximum Gasteiger partial charge on any atom is 0.416 e. The molecule has 0 fully saturated rings. The van der Waals surface area contributed by atoms with Crippen molar-refractivity contribution in [1.82, 2.24) is 0 Å². The van der Waals surface area contributed by atoms with Crippen LogP contribution in [0.3, 0.4) is 0 Å². The van der Waals surface area contributed by atoms with Gasteiger partial charge in [-0.15, -0.1) is 0 Å². The second-order valence-electron chi connectivity index (χ2n) is 3.49. The molecule has 0 amide bonds. The number of alkyl halides is 3. The molecule has 0 radical (unpaired) electrons. The van der Waals surface area contributed by atoms with Crippen molar-refractivity contribution in [1.29, 1.82) is 0 Å². The van der Waals surface area contributed by atoms with Crippen molar-refractivity contribution in [2.75, 3.05) is 6.54 Å². The summed E-state index contributed by atoms with van der Waals surface area (Å²) >= 11 is 0. The van der Waals surface area contributed by atoms with Crippen LogP contribution in [0.2, 0.25) is 0 Å². The van der Waals surface area contributed by atoms with Crippen LogP contribution in [0.15, 0.2) is 18.2 Å². The van der Waals surface area contributed by atoms with E-state index in [1.165, 1.54) is 6.07 Å². The molecule has 1 rings (SSSR count). The first-order chi connectivity index (χ1) is 6.96. The Labute approximate surface area is 87.1 Å². The summed E-state index contributed by atoms with van der Waals surface area (Å²) in [6.45, 7) is 2.10. The fraction of sp³-hybridized carbons (Fsp3) is 0.455. The molecule has 0 saturated carbocycles. The largest absolute Gasteiger partial charge is 0.416 e. The van der Waals surface area contributed by atoms with Crippen LogP contribution in [0.5, 0.6) is 0 Å². The fourth-order valence-corrected chi connectivity index (χ4v) is 1.58. The number of hydrogen-bond acceptors (Lipinski definition) is 1. The van der Waals surface area contributed by atoms with E-state index < -0.39 is 11.7 Å². The van der Waals surface area contributed by atoms with Gasteiger partial charge < -0.3 is 5.73 Å². The Morgan fingerprint density at radius 3 is 2.47 bits per heavy atom. The molecule has 0 heterocycles. The number of nitrogens with two attached hydrogens (primary N) is 1. The Morgan fingerprint density at radius 1 is 1.27 bits per heavy atom. The molecular weight excluding hydrogens is 203 g/mol. The molecule has 1 aromatic carbocycles. The third-order valence-electron chi connectivity index (χ3n) is 2.35. The number of hydrogen-bond donors (Lipinski definition) is 1. The number of halogens is 3. The summed E-state index contributed by atoms with van der Waals surface area (Å²) in [4.78, 5) is 0. The molecule has 0 unspecified atom stereocenters. The average molecular weight is 217 g/mol. The maximum atomic E-state index is 12.6. The monoisotopic (exact) mass is 217 g/mol. The molecule has 2 N–H and O–H groups in total. The lowest BCUT2D eigenvalue weighted by Crippen LogP contribution is -2.11. The highest BCUT2D eigenvalue weighted by molar-refractivity contribution is 5.36. The van der Waals surface area contributed by atoms with E-state index in [1.54, 1.807) is 13.0 Å². The minimum atomic E-state index is -4.27. The van der Waals surface area contributed by atoms with E-state index in [9.17, 15) is 13.2 Å². The first-order valence-corrected chi connectivity index (χ1v) is 4.82. The Hall–Kier alpha value is -1.03. The van der Waals surface area contributed by atoms with Gasteiger partial charge in [0.1, 0.15) is 0 Å². The molecule has 0 aromatic heterocycles. The molecule has 15 heavy (non-hydrogen) atoms. The molecule has 0 saturated heterocycles. The Kier molecular flexibility index (Phi) is 3.74. The first-order valence-electron chi connectivity index (χ1n) is 4.82. The molecule has 4 heteroatoms. The molecule has 0 aliphatic heterocycles. The summed E-state index contributed by atoms with van der Waals surface area (Å²) in [5, 5.41) is 0. The van der Waals surface area contributed by atoms with Gasteiger partial charge >= 0.3 is 6.18 Å². The molecule has 0 atom stereocenters. The van der Waals surface area contributed by atoms with E-state index in [2.05, 4.69) is 0 Å². The zero-order valence-corrected chi connectivity index (χ0v) is 8.56. The summed E-state index contributed by atoms with van der Waals surface area (Å²) in [7, 11) is 0. The zero-order chi connectivity index (χ0) is 11.5. The van der Waals surface area contributed by atoms with E-state index in [0.29, 0.717) is 30.5 Å². The predicted molar refractivity (Wildman–Crippen MR) is 53.6 cm³/mol. The van der Waals surface area contributed by atoms with Crippen molar-refractivity contribution in [3.63, 3.8) is 0 Å². The van der Waals surface area contributed by atoms with E-state index >= 15 is 0 Å². The van der Waals surface area contributed by atoms with Crippen LogP contribution < -0.4 is 5.73 Å². The molecule has 0 spiro atoms. The van der Waals surface area contributed by atoms with Crippen LogP contribution in [0.25, 0.3) is 0 Å². The molecule has 0 aliphatic carbocycles. The smallest absolute Gasteiger partial charge is 0.330 e. The summed E-state index contributed by atoms with van der Waals surface area (Å²) < 4.78 is 37.9. The van der Waals surface area contributed by atoms with Gasteiger partial charge in [0.15, 0.2) is 0 Å². The topological polar surface area (TPSA) is 26.0 Å². The Balaban J connectivity index is 3.09. The van der Waals surface area contributed by atoms with Gasteiger partial charge in [0.05, 0.1) is 5.56 Å². The van der Waals surface area contributed by atoms with Crippen LogP contribution in [0, 0.1) is 6.92 Å². The van der Waals surface area contributed by atoms with Crippen LogP contribution in [-0.2, 0) is 12.6 Å². The predicted octanol–water partition coefficient (Wildman–Crippen LogP) is 2.91. The highest BCUT2D eigenvalue weighted by Crippen LogP contribution is 2.33. The Morgan fingerprint density at radius 2 is 1.93 bits per heavy atom. The van der Waals surface area contributed by atoms with Crippen molar-refractivity contribution in [2.45, 2.75) is 25.9 Å². The van der Waals surface area contributed by atoms with Crippen molar-refractivity contribution < 1.29 is 13.2 Å². The third-order valence-corrected chi connectivity index (χ3v) is 2.35. The number of benzene rings is 1. The standard InChI is InChI=1S/C11H14F3N/c1-8-4-2-6-10(11(12,13)14)9(8)5-3-7-15/h2,4,6H,3,5,7,15H2,1H3. The van der Waals surface area contributed by atoms with Crippen LogP contribution in [0.1, 0.15) is 23.1 Å². The highest BCUT2D eigenvalue weighted by Gasteiger charge is 2.33. The molecular formula is C11H14F3N. The SMILES string of the molecule is Cc1cccc(C(F)(F)F)c1CCCN. The Bertz CT molecular complexity index is 331. The molecule has 0 aliphatic rings. The quantitative estimate of drug-likeness (QED) is 0.827. The molecule has 1 nitrogen and oxygen atoms in total. The van der Waals surface area contributed by atoms with Crippen LogP contribution >= 0.6 is 0 Å². The summed E-state index contributed by atoms with van der Waals surface area (Å²) in [5.41, 5.74) is 5.82. The van der Waals surface area contributed by atoms with Gasteiger partial charge in [-0.3, -0.25) is 0 Å². The number of rotatable bonds is 3. The maximum absolute atomic E-state index is 12.6. The summed E-state index contributed by atoms with van der Waals surface area (Å²) in [6.07, 6.45) is -3.30. The third kappa shape index (κ3) is 2.96. The number of aryl methyl sites for hydroxylation is 1. The van der Waals surface area contributed by atoms with E-state index in [-0.39, 0.29) is 0 Å². The normalized spacial score (nSPS) is 11.8. The van der Waals surface area contributed by atoms with Gasteiger partial charge in [0.2, 0.25) is 0 Å². The fourth-order valence-electron chi connectivity index (χ4n) is 1.58. The lowest BCUT2D eigenvalue weighted by atomic mass is 9.97. The van der Waals surface area contributed by atoms with Crippen LogP contribution in [0.4, 0.5) is 13.2 Å².